The van der Waals surface area contributed by atoms with Crippen molar-refractivity contribution in [1.82, 2.24) is 0 Å². The van der Waals surface area contributed by atoms with Crippen LogP contribution in [0, 0.1) is 5.92 Å². The number of ether oxygens (including phenoxy) is 1. The molecule has 0 saturated heterocycles. The lowest BCUT2D eigenvalue weighted by Gasteiger charge is -2.18. The summed E-state index contributed by atoms with van der Waals surface area (Å²) < 4.78 is 5.63. The molecule has 0 fully saturated rings. The molecule has 154 valence electrons. The lowest BCUT2D eigenvalue weighted by molar-refractivity contribution is -0.151. The smallest absolute Gasteiger partial charge is 0.306 e. The Bertz CT molecular complexity index is 349. The van der Waals surface area contributed by atoms with E-state index in [0.29, 0.717) is 12.8 Å². The Morgan fingerprint density at radius 2 is 1.23 bits per heavy atom. The molecule has 3 heteroatoms. The summed E-state index contributed by atoms with van der Waals surface area (Å²) in [7, 11) is 0. The van der Waals surface area contributed by atoms with E-state index in [0.717, 1.165) is 32.1 Å². The van der Waals surface area contributed by atoms with E-state index < -0.39 is 0 Å². The molecule has 26 heavy (non-hydrogen) atoms. The van der Waals surface area contributed by atoms with Gasteiger partial charge in [-0.25, -0.2) is 0 Å². The summed E-state index contributed by atoms with van der Waals surface area (Å²) in [5, 5.41) is 0. The molecule has 3 nitrogen and oxygen atoms in total. The number of hydrogen-bond acceptors (Lipinski definition) is 3. The van der Waals surface area contributed by atoms with Crippen LogP contribution in [0.4, 0.5) is 0 Å². The van der Waals surface area contributed by atoms with Crippen LogP contribution in [-0.4, -0.2) is 17.9 Å². The van der Waals surface area contributed by atoms with Crippen LogP contribution < -0.4 is 0 Å². The Hall–Kier alpha value is -0.860. The average molecular weight is 369 g/mol. The molecule has 0 unspecified atom stereocenters. The Kier molecular flexibility index (Phi) is 17.0. The number of Topliss-reactive ketones (excluding diaryl/α,β-unsaturated/α-hetero) is 1. The third kappa shape index (κ3) is 15.4. The molecule has 0 aliphatic rings. The van der Waals surface area contributed by atoms with Gasteiger partial charge in [0.05, 0.1) is 0 Å². The van der Waals surface area contributed by atoms with Crippen LogP contribution in [0.3, 0.4) is 0 Å². The van der Waals surface area contributed by atoms with Crippen molar-refractivity contribution in [2.75, 3.05) is 0 Å². The van der Waals surface area contributed by atoms with E-state index in [4.69, 9.17) is 4.74 Å². The summed E-state index contributed by atoms with van der Waals surface area (Å²) in [5.74, 6) is 0.0858. The molecule has 0 aliphatic heterocycles. The molecule has 0 aromatic rings. The highest BCUT2D eigenvalue weighted by Crippen LogP contribution is 2.17. The standard InChI is InChI=1S/C23H44O3/c1-5-7-9-10-11-12-13-14-16-17-21(19-22(24)20(3)4)26-23(25)18-15-8-6-2/h20-21H,5-19H2,1-4H3/t21-/m1/s1. The quantitative estimate of drug-likeness (QED) is 0.193. The SMILES string of the molecule is CCCCCCCCCCC[C@H](CC(=O)C(C)C)OC(=O)CCCCC. The molecule has 0 aromatic heterocycles. The van der Waals surface area contributed by atoms with Crippen molar-refractivity contribution in [1.29, 1.82) is 0 Å². The molecule has 1 atom stereocenters. The number of carbonyl (C=O) groups is 2. The fraction of sp³-hybridized carbons (Fsp3) is 0.913. The number of carbonyl (C=O) groups excluding carboxylic acids is 2. The summed E-state index contributed by atoms with van der Waals surface area (Å²) in [6.07, 6.45) is 16.0. The lowest BCUT2D eigenvalue weighted by atomic mass is 9.99. The van der Waals surface area contributed by atoms with Gasteiger partial charge in [0.2, 0.25) is 0 Å². The van der Waals surface area contributed by atoms with Crippen molar-refractivity contribution in [3.8, 4) is 0 Å². The van der Waals surface area contributed by atoms with E-state index >= 15 is 0 Å². The maximum Gasteiger partial charge on any atom is 0.306 e. The van der Waals surface area contributed by atoms with Crippen LogP contribution in [-0.2, 0) is 14.3 Å². The summed E-state index contributed by atoms with van der Waals surface area (Å²) >= 11 is 0. The first-order valence-corrected chi connectivity index (χ1v) is 11.2. The number of esters is 1. The molecule has 0 saturated carbocycles. The van der Waals surface area contributed by atoms with E-state index in [9.17, 15) is 9.59 Å². The molecule has 0 N–H and O–H groups in total. The predicted molar refractivity (Wildman–Crippen MR) is 110 cm³/mol. The summed E-state index contributed by atoms with van der Waals surface area (Å²) in [6.45, 7) is 8.21. The highest BCUT2D eigenvalue weighted by atomic mass is 16.5. The van der Waals surface area contributed by atoms with Crippen LogP contribution in [0.25, 0.3) is 0 Å². The van der Waals surface area contributed by atoms with Crippen LogP contribution in [0.1, 0.15) is 124 Å². The lowest BCUT2D eigenvalue weighted by Crippen LogP contribution is -2.23. The largest absolute Gasteiger partial charge is 0.462 e. The highest BCUT2D eigenvalue weighted by Gasteiger charge is 2.19. The molecule has 0 spiro atoms. The van der Waals surface area contributed by atoms with Crippen molar-refractivity contribution in [2.45, 2.75) is 130 Å². The first-order valence-electron chi connectivity index (χ1n) is 11.2. The predicted octanol–water partition coefficient (Wildman–Crippen LogP) is 7.01. The first kappa shape index (κ1) is 25.1. The number of unbranched alkanes of at least 4 members (excludes halogenated alkanes) is 10. The normalized spacial score (nSPS) is 12.3. The van der Waals surface area contributed by atoms with Crippen LogP contribution in [0.2, 0.25) is 0 Å². The molecule has 0 radical (unpaired) electrons. The van der Waals surface area contributed by atoms with Gasteiger partial charge in [0.15, 0.2) is 0 Å². The fourth-order valence-electron chi connectivity index (χ4n) is 3.11. The molecule has 0 rings (SSSR count). The number of hydrogen-bond donors (Lipinski definition) is 0. The minimum absolute atomic E-state index is 0.0133. The molecule has 0 aliphatic carbocycles. The van der Waals surface area contributed by atoms with Crippen molar-refractivity contribution in [2.24, 2.45) is 5.92 Å². The average Bonchev–Trinajstić information content (AvgIpc) is 2.60. The molecule has 0 heterocycles. The Morgan fingerprint density at radius 1 is 0.731 bits per heavy atom. The van der Waals surface area contributed by atoms with Gasteiger partial charge in [0, 0.05) is 18.8 Å². The van der Waals surface area contributed by atoms with Crippen LogP contribution in [0.15, 0.2) is 0 Å². The van der Waals surface area contributed by atoms with Gasteiger partial charge >= 0.3 is 5.97 Å². The Labute approximate surface area is 162 Å². The summed E-state index contributed by atoms with van der Waals surface area (Å²) in [5.41, 5.74) is 0. The zero-order valence-corrected chi connectivity index (χ0v) is 18.0. The van der Waals surface area contributed by atoms with E-state index in [-0.39, 0.29) is 23.8 Å². The second-order valence-corrected chi connectivity index (χ2v) is 8.01. The highest BCUT2D eigenvalue weighted by molar-refractivity contribution is 5.81. The molecular weight excluding hydrogens is 324 g/mol. The fourth-order valence-corrected chi connectivity index (χ4v) is 3.11. The Morgan fingerprint density at radius 3 is 1.77 bits per heavy atom. The van der Waals surface area contributed by atoms with Crippen molar-refractivity contribution >= 4 is 11.8 Å². The van der Waals surface area contributed by atoms with Gasteiger partial charge in [0.1, 0.15) is 11.9 Å². The maximum atomic E-state index is 12.1. The second-order valence-electron chi connectivity index (χ2n) is 8.01. The van der Waals surface area contributed by atoms with E-state index in [1.165, 1.54) is 51.4 Å². The zero-order chi connectivity index (χ0) is 19.6. The van der Waals surface area contributed by atoms with Crippen molar-refractivity contribution in [3.63, 3.8) is 0 Å². The van der Waals surface area contributed by atoms with Gasteiger partial charge in [-0.15, -0.1) is 0 Å². The zero-order valence-electron chi connectivity index (χ0n) is 18.0. The van der Waals surface area contributed by atoms with Gasteiger partial charge in [-0.05, 0) is 19.3 Å². The second kappa shape index (κ2) is 17.5. The summed E-state index contributed by atoms with van der Waals surface area (Å²) in [4.78, 5) is 24.1. The third-order valence-electron chi connectivity index (χ3n) is 4.99. The minimum Gasteiger partial charge on any atom is -0.462 e. The van der Waals surface area contributed by atoms with Gasteiger partial charge in [-0.1, -0.05) is 91.9 Å². The molecule has 0 aromatic carbocycles. The number of ketones is 1. The monoisotopic (exact) mass is 368 g/mol. The Balaban J connectivity index is 4.04. The van der Waals surface area contributed by atoms with E-state index in [1.807, 2.05) is 13.8 Å². The van der Waals surface area contributed by atoms with Gasteiger partial charge in [-0.3, -0.25) is 9.59 Å². The summed E-state index contributed by atoms with van der Waals surface area (Å²) in [6, 6.07) is 0. The topological polar surface area (TPSA) is 43.4 Å². The van der Waals surface area contributed by atoms with Gasteiger partial charge in [-0.2, -0.15) is 0 Å². The molecule has 0 bridgehead atoms. The van der Waals surface area contributed by atoms with Crippen molar-refractivity contribution < 1.29 is 14.3 Å². The minimum atomic E-state index is -0.219. The van der Waals surface area contributed by atoms with Crippen molar-refractivity contribution in [3.05, 3.63) is 0 Å². The van der Waals surface area contributed by atoms with Gasteiger partial charge < -0.3 is 4.74 Å². The number of rotatable bonds is 18. The first-order chi connectivity index (χ1) is 12.5. The van der Waals surface area contributed by atoms with Gasteiger partial charge in [0.25, 0.3) is 0 Å². The van der Waals surface area contributed by atoms with E-state index in [1.54, 1.807) is 0 Å². The third-order valence-corrected chi connectivity index (χ3v) is 4.99. The van der Waals surface area contributed by atoms with Crippen LogP contribution >= 0.6 is 0 Å². The van der Waals surface area contributed by atoms with E-state index in [2.05, 4.69) is 13.8 Å². The van der Waals surface area contributed by atoms with Crippen LogP contribution in [0.5, 0.6) is 0 Å². The molecule has 0 amide bonds. The molecular formula is C23H44O3. The maximum absolute atomic E-state index is 12.1.